The third-order valence-corrected chi connectivity index (χ3v) is 8.00. The Kier molecular flexibility index (Phi) is 8.51. The molecule has 0 spiro atoms. The van der Waals surface area contributed by atoms with Gasteiger partial charge in [0.05, 0.1) is 12.7 Å². The Balaban J connectivity index is 2.06. The normalized spacial score (nSPS) is 34.4. The molecule has 2 aliphatic rings. The monoisotopic (exact) mass is 436 g/mol. The zero-order chi connectivity index (χ0) is 23.4. The van der Waals surface area contributed by atoms with Gasteiger partial charge in [-0.2, -0.15) is 0 Å². The minimum atomic E-state index is -0.871. The Morgan fingerprint density at radius 2 is 2.00 bits per heavy atom. The Bertz CT molecular complexity index is 726. The van der Waals surface area contributed by atoms with Gasteiger partial charge >= 0.3 is 11.9 Å². The van der Waals surface area contributed by atoms with Crippen LogP contribution in [0.1, 0.15) is 73.6 Å². The first kappa shape index (κ1) is 25.6. The molecule has 0 saturated heterocycles. The van der Waals surface area contributed by atoms with Crippen molar-refractivity contribution in [1.29, 1.82) is 0 Å². The number of rotatable bonds is 8. The number of carbonyl (C=O) groups is 2. The molecule has 2 aliphatic carbocycles. The van der Waals surface area contributed by atoms with Gasteiger partial charge in [-0.1, -0.05) is 38.0 Å². The van der Waals surface area contributed by atoms with E-state index in [1.165, 1.54) is 18.6 Å². The highest BCUT2D eigenvalue weighted by atomic mass is 16.6. The van der Waals surface area contributed by atoms with Crippen molar-refractivity contribution in [3.05, 3.63) is 23.3 Å². The maximum Gasteiger partial charge on any atom is 0.331 e. The van der Waals surface area contributed by atoms with Gasteiger partial charge < -0.3 is 19.7 Å². The van der Waals surface area contributed by atoms with Crippen molar-refractivity contribution < 1.29 is 29.3 Å². The van der Waals surface area contributed by atoms with Crippen LogP contribution in [0.4, 0.5) is 0 Å². The number of esters is 2. The zero-order valence-electron chi connectivity index (χ0n) is 19.9. The lowest BCUT2D eigenvalue weighted by Crippen LogP contribution is -2.55. The Morgan fingerprint density at radius 1 is 1.32 bits per heavy atom. The van der Waals surface area contributed by atoms with Crippen LogP contribution in [0.15, 0.2) is 23.3 Å². The van der Waals surface area contributed by atoms with Crippen molar-refractivity contribution in [1.82, 2.24) is 0 Å². The number of fused-ring (bicyclic) bond motifs is 1. The van der Waals surface area contributed by atoms with Crippen LogP contribution in [-0.2, 0) is 19.1 Å². The van der Waals surface area contributed by atoms with Gasteiger partial charge in [0.1, 0.15) is 6.61 Å². The molecule has 0 aromatic carbocycles. The Hall–Kier alpha value is -1.66. The fourth-order valence-electron chi connectivity index (χ4n) is 5.70. The summed E-state index contributed by atoms with van der Waals surface area (Å²) in [5.41, 5.74) is 2.26. The molecule has 0 aromatic rings. The van der Waals surface area contributed by atoms with E-state index in [0.717, 1.165) is 37.7 Å². The molecule has 6 unspecified atom stereocenters. The van der Waals surface area contributed by atoms with E-state index in [2.05, 4.69) is 33.8 Å². The number of hydrogen-bond acceptors (Lipinski definition) is 6. The summed E-state index contributed by atoms with van der Waals surface area (Å²) in [5, 5.41) is 20.2. The maximum absolute atomic E-state index is 12.2. The van der Waals surface area contributed by atoms with Gasteiger partial charge in [0.25, 0.3) is 0 Å². The van der Waals surface area contributed by atoms with Gasteiger partial charge in [-0.15, -0.1) is 0 Å². The lowest BCUT2D eigenvalue weighted by Gasteiger charge is -2.59. The summed E-state index contributed by atoms with van der Waals surface area (Å²) < 4.78 is 10.0. The topological polar surface area (TPSA) is 93.1 Å². The maximum atomic E-state index is 12.2. The highest BCUT2D eigenvalue weighted by Crippen LogP contribution is 2.61. The Labute approximate surface area is 186 Å². The molecule has 6 nitrogen and oxygen atoms in total. The van der Waals surface area contributed by atoms with E-state index in [1.807, 2.05) is 6.92 Å². The van der Waals surface area contributed by atoms with Gasteiger partial charge in [-0.25, -0.2) is 4.79 Å². The molecule has 1 fully saturated rings. The highest BCUT2D eigenvalue weighted by Gasteiger charge is 2.55. The number of aliphatic hydroxyl groups excluding tert-OH is 2. The number of ether oxygens (including phenoxy) is 2. The molecule has 6 atom stereocenters. The Morgan fingerprint density at radius 3 is 2.61 bits per heavy atom. The predicted molar refractivity (Wildman–Crippen MR) is 119 cm³/mol. The first-order chi connectivity index (χ1) is 14.4. The van der Waals surface area contributed by atoms with Crippen LogP contribution in [0.5, 0.6) is 0 Å². The number of aliphatic hydroxyl groups is 2. The van der Waals surface area contributed by atoms with E-state index >= 15 is 0 Å². The van der Waals surface area contributed by atoms with Crippen LogP contribution in [-0.4, -0.2) is 47.6 Å². The summed E-state index contributed by atoms with van der Waals surface area (Å²) in [4.78, 5) is 23.1. The number of carbonyl (C=O) groups excluding carboxylic acids is 2. The van der Waals surface area contributed by atoms with Crippen LogP contribution in [0, 0.1) is 22.7 Å². The average molecular weight is 437 g/mol. The summed E-state index contributed by atoms with van der Waals surface area (Å²) in [6, 6.07) is 0. The molecule has 31 heavy (non-hydrogen) atoms. The zero-order valence-corrected chi connectivity index (χ0v) is 19.9. The average Bonchev–Trinajstić information content (AvgIpc) is 2.69. The van der Waals surface area contributed by atoms with Crippen LogP contribution in [0.2, 0.25) is 0 Å². The second-order valence-corrected chi connectivity index (χ2v) is 10.0. The molecular weight excluding hydrogens is 396 g/mol. The summed E-state index contributed by atoms with van der Waals surface area (Å²) >= 11 is 0. The SMILES string of the molecule is CC(=O)OCC(CO)OC(=O)C=C(C)CCC1(C)C(C)C(O)CC2(C)C(C)=CCCC21. The van der Waals surface area contributed by atoms with E-state index in [1.54, 1.807) is 0 Å². The van der Waals surface area contributed by atoms with Crippen molar-refractivity contribution in [3.8, 4) is 0 Å². The van der Waals surface area contributed by atoms with Gasteiger partial charge in [-0.05, 0) is 68.6 Å². The summed E-state index contributed by atoms with van der Waals surface area (Å²) in [7, 11) is 0. The third kappa shape index (κ3) is 5.78. The molecule has 0 bridgehead atoms. The molecule has 1 saturated carbocycles. The minimum absolute atomic E-state index is 0.0144. The van der Waals surface area contributed by atoms with E-state index in [4.69, 9.17) is 9.47 Å². The summed E-state index contributed by atoms with van der Waals surface area (Å²) in [6.07, 6.45) is 7.19. The fourth-order valence-corrected chi connectivity index (χ4v) is 5.70. The lowest BCUT2D eigenvalue weighted by molar-refractivity contribution is -0.156. The quantitative estimate of drug-likeness (QED) is 0.340. The first-order valence-electron chi connectivity index (χ1n) is 11.4. The van der Waals surface area contributed by atoms with Crippen LogP contribution >= 0.6 is 0 Å². The molecule has 0 aliphatic heterocycles. The second kappa shape index (κ2) is 10.3. The molecule has 2 rings (SSSR count). The van der Waals surface area contributed by atoms with E-state index in [9.17, 15) is 19.8 Å². The lowest BCUT2D eigenvalue weighted by atomic mass is 9.46. The molecule has 176 valence electrons. The van der Waals surface area contributed by atoms with E-state index in [-0.39, 0.29) is 29.5 Å². The molecule has 6 heteroatoms. The summed E-state index contributed by atoms with van der Waals surface area (Å²) in [5.74, 6) is -0.366. The van der Waals surface area contributed by atoms with E-state index in [0.29, 0.717) is 5.92 Å². The van der Waals surface area contributed by atoms with Crippen LogP contribution < -0.4 is 0 Å². The van der Waals surface area contributed by atoms with Gasteiger partial charge in [-0.3, -0.25) is 4.79 Å². The molecule has 0 radical (unpaired) electrons. The second-order valence-electron chi connectivity index (χ2n) is 10.0. The standard InChI is InChI=1S/C25H40O6/c1-16(12-23(29)31-20(14-26)15-30-19(4)27)10-11-24(5)18(3)21(28)13-25(6)17(2)8-7-9-22(24)25/h8,12,18,20-22,26,28H,7,9-11,13-15H2,1-6H3. The molecule has 2 N–H and O–H groups in total. The van der Waals surface area contributed by atoms with Crippen molar-refractivity contribution in [2.75, 3.05) is 13.2 Å². The van der Waals surface area contributed by atoms with Crippen LogP contribution in [0.25, 0.3) is 0 Å². The van der Waals surface area contributed by atoms with Gasteiger partial charge in [0, 0.05) is 13.0 Å². The minimum Gasteiger partial charge on any atom is -0.462 e. The van der Waals surface area contributed by atoms with Crippen molar-refractivity contribution in [2.24, 2.45) is 22.7 Å². The first-order valence-corrected chi connectivity index (χ1v) is 11.4. The highest BCUT2D eigenvalue weighted by molar-refractivity contribution is 5.82. The molecule has 0 heterocycles. The number of allylic oxidation sites excluding steroid dienone is 3. The third-order valence-electron chi connectivity index (χ3n) is 8.00. The molecule has 0 amide bonds. The van der Waals surface area contributed by atoms with Gasteiger partial charge in [0.2, 0.25) is 0 Å². The molecular formula is C25H40O6. The van der Waals surface area contributed by atoms with Crippen molar-refractivity contribution >= 4 is 11.9 Å². The van der Waals surface area contributed by atoms with Crippen molar-refractivity contribution in [3.63, 3.8) is 0 Å². The van der Waals surface area contributed by atoms with Crippen molar-refractivity contribution in [2.45, 2.75) is 85.9 Å². The van der Waals surface area contributed by atoms with Crippen LogP contribution in [0.3, 0.4) is 0 Å². The predicted octanol–water partition coefficient (Wildman–Crippen LogP) is 3.95. The summed E-state index contributed by atoms with van der Waals surface area (Å²) in [6.45, 7) is 11.5. The fraction of sp³-hybridized carbons (Fsp3) is 0.760. The largest absolute Gasteiger partial charge is 0.462 e. The molecule has 0 aromatic heterocycles. The smallest absolute Gasteiger partial charge is 0.331 e. The van der Waals surface area contributed by atoms with Gasteiger partial charge in [0.15, 0.2) is 6.10 Å². The van der Waals surface area contributed by atoms with E-state index < -0.39 is 24.6 Å². The number of hydrogen-bond donors (Lipinski definition) is 2.